The third-order valence-corrected chi connectivity index (χ3v) is 4.05. The second-order valence-corrected chi connectivity index (χ2v) is 5.99. The average Bonchev–Trinajstić information content (AvgIpc) is 2.57. The molecule has 2 unspecified atom stereocenters. The van der Waals surface area contributed by atoms with Crippen molar-refractivity contribution >= 4 is 16.7 Å². The third kappa shape index (κ3) is 4.05. The van der Waals surface area contributed by atoms with Crippen LogP contribution in [0.3, 0.4) is 0 Å². The van der Waals surface area contributed by atoms with Gasteiger partial charge >= 0.3 is 0 Å². The van der Waals surface area contributed by atoms with E-state index >= 15 is 0 Å². The van der Waals surface area contributed by atoms with E-state index in [9.17, 15) is 5.26 Å². The van der Waals surface area contributed by atoms with Gasteiger partial charge in [0.2, 0.25) is 0 Å². The molecule has 2 atom stereocenters. The van der Waals surface area contributed by atoms with Gasteiger partial charge in [-0.15, -0.1) is 0 Å². The molecule has 0 aliphatic rings. The van der Waals surface area contributed by atoms with Gasteiger partial charge in [0.05, 0.1) is 16.9 Å². The summed E-state index contributed by atoms with van der Waals surface area (Å²) in [4.78, 5) is 4.36. The SMILES string of the molecule is CC(=N)NCC(C)CC(CN)c1ccc(C#N)c2ncccc12. The van der Waals surface area contributed by atoms with E-state index in [1.54, 1.807) is 13.1 Å². The molecule has 1 heterocycles. The molecule has 5 nitrogen and oxygen atoms in total. The maximum Gasteiger partial charge on any atom is 0.101 e. The van der Waals surface area contributed by atoms with E-state index in [4.69, 9.17) is 11.1 Å². The minimum absolute atomic E-state index is 0.206. The maximum atomic E-state index is 9.25. The van der Waals surface area contributed by atoms with E-state index < -0.39 is 0 Å². The Hall–Kier alpha value is -2.45. The number of fused-ring (bicyclic) bond motifs is 1. The first-order valence-corrected chi connectivity index (χ1v) is 7.83. The van der Waals surface area contributed by atoms with Crippen molar-refractivity contribution in [2.24, 2.45) is 11.7 Å². The molecule has 1 aromatic carbocycles. The Morgan fingerprint density at radius 2 is 2.22 bits per heavy atom. The van der Waals surface area contributed by atoms with E-state index in [2.05, 4.69) is 23.3 Å². The highest BCUT2D eigenvalue weighted by Crippen LogP contribution is 2.30. The third-order valence-electron chi connectivity index (χ3n) is 4.05. The van der Waals surface area contributed by atoms with Crippen molar-refractivity contribution in [2.75, 3.05) is 13.1 Å². The monoisotopic (exact) mass is 309 g/mol. The number of pyridine rings is 1. The largest absolute Gasteiger partial charge is 0.374 e. The van der Waals surface area contributed by atoms with Crippen LogP contribution in [0.5, 0.6) is 0 Å². The van der Waals surface area contributed by atoms with Crippen LogP contribution in [0.15, 0.2) is 30.5 Å². The van der Waals surface area contributed by atoms with Crippen LogP contribution in [0.1, 0.15) is 37.3 Å². The van der Waals surface area contributed by atoms with Gasteiger partial charge in [0.1, 0.15) is 6.07 Å². The number of nitriles is 1. The van der Waals surface area contributed by atoms with Gasteiger partial charge in [0.15, 0.2) is 0 Å². The molecule has 5 heteroatoms. The maximum absolute atomic E-state index is 9.25. The summed E-state index contributed by atoms with van der Waals surface area (Å²) in [6.07, 6.45) is 2.64. The molecule has 120 valence electrons. The van der Waals surface area contributed by atoms with Crippen LogP contribution in [0.2, 0.25) is 0 Å². The predicted molar refractivity (Wildman–Crippen MR) is 93.4 cm³/mol. The van der Waals surface area contributed by atoms with Crippen molar-refractivity contribution in [3.8, 4) is 6.07 Å². The summed E-state index contributed by atoms with van der Waals surface area (Å²) >= 11 is 0. The summed E-state index contributed by atoms with van der Waals surface area (Å²) in [7, 11) is 0. The summed E-state index contributed by atoms with van der Waals surface area (Å²) < 4.78 is 0. The molecule has 23 heavy (non-hydrogen) atoms. The van der Waals surface area contributed by atoms with Crippen molar-refractivity contribution in [3.63, 3.8) is 0 Å². The van der Waals surface area contributed by atoms with Crippen molar-refractivity contribution in [1.82, 2.24) is 10.3 Å². The highest BCUT2D eigenvalue weighted by Gasteiger charge is 2.18. The van der Waals surface area contributed by atoms with Crippen LogP contribution < -0.4 is 11.1 Å². The summed E-state index contributed by atoms with van der Waals surface area (Å²) in [5, 5.41) is 20.8. The lowest BCUT2D eigenvalue weighted by Gasteiger charge is -2.22. The molecule has 2 aromatic rings. The number of amidine groups is 1. The number of benzene rings is 1. The molecule has 0 amide bonds. The highest BCUT2D eigenvalue weighted by atomic mass is 14.9. The second-order valence-electron chi connectivity index (χ2n) is 5.99. The van der Waals surface area contributed by atoms with Crippen LogP contribution in [0.25, 0.3) is 10.9 Å². The van der Waals surface area contributed by atoms with Crippen LogP contribution >= 0.6 is 0 Å². The van der Waals surface area contributed by atoms with Crippen molar-refractivity contribution in [1.29, 1.82) is 10.7 Å². The summed E-state index contributed by atoms with van der Waals surface area (Å²) in [5.74, 6) is 1.08. The predicted octanol–water partition coefficient (Wildman–Crippen LogP) is 2.76. The van der Waals surface area contributed by atoms with Gasteiger partial charge < -0.3 is 11.1 Å². The standard InChI is InChI=1S/C18H23N5/c1-12(11-23-13(2)21)8-15(10-20)16-6-5-14(9-19)18-17(16)4-3-7-22-18/h3-7,12,15H,8,10-11,20H2,1-2H3,(H2,21,23). The number of nitrogens with one attached hydrogen (secondary N) is 2. The Kier molecular flexibility index (Phi) is 5.67. The molecule has 0 saturated heterocycles. The zero-order valence-corrected chi connectivity index (χ0v) is 13.6. The van der Waals surface area contributed by atoms with Gasteiger partial charge in [0.25, 0.3) is 0 Å². The second kappa shape index (κ2) is 7.70. The normalized spacial score (nSPS) is 13.3. The molecule has 0 saturated carbocycles. The van der Waals surface area contributed by atoms with Crippen molar-refractivity contribution in [3.05, 3.63) is 41.6 Å². The van der Waals surface area contributed by atoms with Gasteiger partial charge in [-0.1, -0.05) is 19.1 Å². The quantitative estimate of drug-likeness (QED) is 0.564. The number of nitrogens with two attached hydrogens (primary N) is 1. The molecule has 0 aliphatic carbocycles. The van der Waals surface area contributed by atoms with Crippen LogP contribution in [-0.4, -0.2) is 23.9 Å². The summed E-state index contributed by atoms with van der Waals surface area (Å²) in [5.41, 5.74) is 8.50. The lowest BCUT2D eigenvalue weighted by Crippen LogP contribution is -2.27. The highest BCUT2D eigenvalue weighted by molar-refractivity contribution is 5.87. The molecule has 0 fully saturated rings. The first kappa shape index (κ1) is 16.9. The van der Waals surface area contributed by atoms with E-state index in [1.165, 1.54) is 0 Å². The lowest BCUT2D eigenvalue weighted by molar-refractivity contribution is 0.465. The Bertz CT molecular complexity index is 732. The zero-order valence-electron chi connectivity index (χ0n) is 13.6. The van der Waals surface area contributed by atoms with E-state index in [1.807, 2.05) is 24.3 Å². The van der Waals surface area contributed by atoms with Gasteiger partial charge in [-0.3, -0.25) is 10.4 Å². The molecule has 1 aromatic heterocycles. The lowest BCUT2D eigenvalue weighted by atomic mass is 9.86. The zero-order chi connectivity index (χ0) is 16.8. The smallest absolute Gasteiger partial charge is 0.101 e. The van der Waals surface area contributed by atoms with E-state index in [0.717, 1.165) is 29.4 Å². The Morgan fingerprint density at radius 3 is 2.87 bits per heavy atom. The van der Waals surface area contributed by atoms with Crippen molar-refractivity contribution < 1.29 is 0 Å². The fourth-order valence-electron chi connectivity index (χ4n) is 2.89. The molecule has 0 aliphatic heterocycles. The van der Waals surface area contributed by atoms with Gasteiger partial charge in [-0.25, -0.2) is 0 Å². The number of hydrogen-bond donors (Lipinski definition) is 3. The van der Waals surface area contributed by atoms with Gasteiger partial charge in [-0.2, -0.15) is 5.26 Å². The fourth-order valence-corrected chi connectivity index (χ4v) is 2.89. The fraction of sp³-hybridized carbons (Fsp3) is 0.389. The van der Waals surface area contributed by atoms with Crippen LogP contribution in [0, 0.1) is 22.7 Å². The minimum atomic E-state index is 0.206. The Labute approximate surface area is 137 Å². The number of hydrogen-bond acceptors (Lipinski definition) is 4. The minimum Gasteiger partial charge on any atom is -0.374 e. The van der Waals surface area contributed by atoms with Gasteiger partial charge in [0, 0.05) is 18.1 Å². The molecular formula is C18H23N5. The number of aromatic nitrogens is 1. The van der Waals surface area contributed by atoms with Crippen molar-refractivity contribution in [2.45, 2.75) is 26.2 Å². The number of rotatable bonds is 6. The average molecular weight is 309 g/mol. The molecular weight excluding hydrogens is 286 g/mol. The summed E-state index contributed by atoms with van der Waals surface area (Å²) in [6, 6.07) is 9.93. The van der Waals surface area contributed by atoms with Crippen LogP contribution in [0.4, 0.5) is 0 Å². The summed E-state index contributed by atoms with van der Waals surface area (Å²) in [6.45, 7) is 5.21. The molecule has 0 bridgehead atoms. The number of nitrogens with zero attached hydrogens (tertiary/aromatic N) is 2. The first-order valence-electron chi connectivity index (χ1n) is 7.83. The Morgan fingerprint density at radius 1 is 1.43 bits per heavy atom. The Balaban J connectivity index is 2.30. The first-order chi connectivity index (χ1) is 11.1. The molecule has 2 rings (SSSR count). The molecule has 0 spiro atoms. The van der Waals surface area contributed by atoms with E-state index in [-0.39, 0.29) is 5.92 Å². The molecule has 4 N–H and O–H groups in total. The van der Waals surface area contributed by atoms with Gasteiger partial charge in [-0.05, 0) is 49.4 Å². The van der Waals surface area contributed by atoms with E-state index in [0.29, 0.717) is 23.9 Å². The molecule has 0 radical (unpaired) electrons. The van der Waals surface area contributed by atoms with Crippen LogP contribution in [-0.2, 0) is 0 Å². The topological polar surface area (TPSA) is 98.6 Å².